The Bertz CT molecular complexity index is 935. The van der Waals surface area contributed by atoms with E-state index in [9.17, 15) is 26.4 Å². The van der Waals surface area contributed by atoms with Crippen LogP contribution in [0, 0.1) is 0 Å². The van der Waals surface area contributed by atoms with Crippen LogP contribution < -0.4 is 9.62 Å². The second kappa shape index (κ2) is 8.83. The van der Waals surface area contributed by atoms with Crippen LogP contribution in [-0.4, -0.2) is 33.7 Å². The average molecular weight is 435 g/mol. The van der Waals surface area contributed by atoms with Crippen LogP contribution in [0.5, 0.6) is 0 Å². The van der Waals surface area contributed by atoms with Gasteiger partial charge in [-0.2, -0.15) is 13.2 Å². The Morgan fingerprint density at radius 2 is 1.79 bits per heavy atom. The highest BCUT2D eigenvalue weighted by molar-refractivity contribution is 7.92. The molecule has 0 bridgehead atoms. The number of hydrogen-bond acceptors (Lipinski definition) is 3. The summed E-state index contributed by atoms with van der Waals surface area (Å²) in [4.78, 5) is 12.1. The van der Waals surface area contributed by atoms with Gasteiger partial charge in [0, 0.05) is 6.54 Å². The summed E-state index contributed by atoms with van der Waals surface area (Å²) in [6, 6.07) is 12.0. The third-order valence-electron chi connectivity index (χ3n) is 3.81. The van der Waals surface area contributed by atoms with Crippen LogP contribution >= 0.6 is 11.6 Å². The molecule has 0 saturated heterocycles. The van der Waals surface area contributed by atoms with Crippen molar-refractivity contribution in [3.63, 3.8) is 0 Å². The molecule has 1 N–H and O–H groups in total. The molecule has 0 spiro atoms. The fourth-order valence-corrected chi connectivity index (χ4v) is 3.54. The number of carbonyl (C=O) groups is 1. The summed E-state index contributed by atoms with van der Waals surface area (Å²) in [6.45, 7) is -0.387. The Labute approximate surface area is 166 Å². The van der Waals surface area contributed by atoms with Crippen LogP contribution in [0.2, 0.25) is 5.02 Å². The summed E-state index contributed by atoms with van der Waals surface area (Å²) >= 11 is 5.57. The summed E-state index contributed by atoms with van der Waals surface area (Å²) in [5.41, 5.74) is -0.488. The van der Waals surface area contributed by atoms with Crippen molar-refractivity contribution in [3.8, 4) is 0 Å². The summed E-state index contributed by atoms with van der Waals surface area (Å²) in [6.07, 6.45) is -3.41. The highest BCUT2D eigenvalue weighted by atomic mass is 35.5. The molecule has 0 radical (unpaired) electrons. The first-order valence-electron chi connectivity index (χ1n) is 8.13. The van der Waals surface area contributed by atoms with E-state index in [1.807, 2.05) is 30.3 Å². The molecule has 2 aromatic carbocycles. The van der Waals surface area contributed by atoms with Gasteiger partial charge in [0.05, 0.1) is 22.5 Å². The van der Waals surface area contributed by atoms with Crippen molar-refractivity contribution in [1.29, 1.82) is 0 Å². The van der Waals surface area contributed by atoms with E-state index in [0.29, 0.717) is 16.8 Å². The molecule has 0 unspecified atom stereocenters. The molecule has 0 aliphatic heterocycles. The predicted octanol–water partition coefficient (Wildman–Crippen LogP) is 3.48. The Kier molecular flexibility index (Phi) is 6.95. The lowest BCUT2D eigenvalue weighted by molar-refractivity contribution is -0.137. The molecular formula is C18H18ClF3N2O3S. The summed E-state index contributed by atoms with van der Waals surface area (Å²) in [5.74, 6) is -0.634. The van der Waals surface area contributed by atoms with Crippen LogP contribution in [0.3, 0.4) is 0 Å². The van der Waals surface area contributed by atoms with E-state index < -0.39 is 39.2 Å². The zero-order valence-electron chi connectivity index (χ0n) is 14.8. The maximum atomic E-state index is 13.0. The van der Waals surface area contributed by atoms with Crippen LogP contribution in [-0.2, 0) is 27.4 Å². The van der Waals surface area contributed by atoms with Crippen LogP contribution in [0.25, 0.3) is 0 Å². The molecule has 0 heterocycles. The third kappa shape index (κ3) is 6.13. The van der Waals surface area contributed by atoms with Gasteiger partial charge in [-0.1, -0.05) is 41.9 Å². The van der Waals surface area contributed by atoms with Gasteiger partial charge in [0.2, 0.25) is 15.9 Å². The Balaban J connectivity index is 2.13. The number of amides is 1. The number of sulfonamides is 1. The van der Waals surface area contributed by atoms with Crippen LogP contribution in [0.4, 0.5) is 18.9 Å². The molecule has 0 fully saturated rings. The van der Waals surface area contributed by atoms with Crippen LogP contribution in [0.1, 0.15) is 11.1 Å². The number of halogens is 4. The first kappa shape index (κ1) is 22.0. The van der Waals surface area contributed by atoms with E-state index in [0.717, 1.165) is 24.0 Å². The molecule has 152 valence electrons. The van der Waals surface area contributed by atoms with Crippen molar-refractivity contribution < 1.29 is 26.4 Å². The molecule has 0 aromatic heterocycles. The van der Waals surface area contributed by atoms with E-state index in [1.165, 1.54) is 0 Å². The topological polar surface area (TPSA) is 66.5 Å². The lowest BCUT2D eigenvalue weighted by Gasteiger charge is -2.23. The van der Waals surface area contributed by atoms with E-state index in [-0.39, 0.29) is 12.2 Å². The predicted molar refractivity (Wildman–Crippen MR) is 102 cm³/mol. The molecule has 0 atom stereocenters. The second-order valence-corrected chi connectivity index (χ2v) is 8.33. The number of benzene rings is 2. The molecule has 0 aliphatic carbocycles. The maximum absolute atomic E-state index is 13.0. The first-order valence-corrected chi connectivity index (χ1v) is 10.4. The molecule has 2 rings (SSSR count). The quantitative estimate of drug-likeness (QED) is 0.725. The van der Waals surface area contributed by atoms with E-state index in [4.69, 9.17) is 11.6 Å². The molecule has 10 heteroatoms. The average Bonchev–Trinajstić information content (AvgIpc) is 2.59. The van der Waals surface area contributed by atoms with Crippen molar-refractivity contribution in [1.82, 2.24) is 5.32 Å². The molecular weight excluding hydrogens is 417 g/mol. The normalized spacial score (nSPS) is 11.9. The number of hydrogen-bond donors (Lipinski definition) is 1. The highest BCUT2D eigenvalue weighted by Crippen LogP contribution is 2.37. The minimum Gasteiger partial charge on any atom is -0.354 e. The van der Waals surface area contributed by atoms with Gasteiger partial charge < -0.3 is 5.32 Å². The van der Waals surface area contributed by atoms with Crippen molar-refractivity contribution >= 4 is 33.2 Å². The van der Waals surface area contributed by atoms with Gasteiger partial charge in [-0.3, -0.25) is 9.10 Å². The first-order chi connectivity index (χ1) is 13.0. The molecule has 1 amide bonds. The second-order valence-electron chi connectivity index (χ2n) is 6.02. The van der Waals surface area contributed by atoms with E-state index in [1.54, 1.807) is 0 Å². The molecule has 2 aromatic rings. The fourth-order valence-electron chi connectivity index (χ4n) is 2.46. The molecule has 0 saturated carbocycles. The summed E-state index contributed by atoms with van der Waals surface area (Å²) < 4.78 is 63.8. The number of anilines is 1. The highest BCUT2D eigenvalue weighted by Gasteiger charge is 2.34. The number of nitrogens with one attached hydrogen (secondary N) is 1. The number of carbonyl (C=O) groups excluding carboxylic acids is 1. The van der Waals surface area contributed by atoms with Crippen molar-refractivity contribution in [3.05, 3.63) is 64.7 Å². The van der Waals surface area contributed by atoms with Crippen LogP contribution in [0.15, 0.2) is 48.5 Å². The number of rotatable bonds is 7. The van der Waals surface area contributed by atoms with Crippen molar-refractivity contribution in [2.75, 3.05) is 23.7 Å². The SMILES string of the molecule is CS(=O)(=O)N(CC(=O)NCCc1ccccc1)c1ccc(Cl)c(C(F)(F)F)c1. The van der Waals surface area contributed by atoms with Gasteiger partial charge in [0.15, 0.2) is 0 Å². The van der Waals surface area contributed by atoms with Gasteiger partial charge in [0.25, 0.3) is 0 Å². The Hall–Kier alpha value is -2.26. The lowest BCUT2D eigenvalue weighted by atomic mass is 10.1. The van der Waals surface area contributed by atoms with Gasteiger partial charge in [-0.15, -0.1) is 0 Å². The summed E-state index contributed by atoms with van der Waals surface area (Å²) in [5, 5.41) is 2.01. The maximum Gasteiger partial charge on any atom is 0.417 e. The number of alkyl halides is 3. The van der Waals surface area contributed by atoms with Crippen molar-refractivity contribution in [2.24, 2.45) is 0 Å². The fraction of sp³-hybridized carbons (Fsp3) is 0.278. The number of nitrogens with zero attached hydrogens (tertiary/aromatic N) is 1. The zero-order chi connectivity index (χ0) is 20.9. The van der Waals surface area contributed by atoms with Gasteiger partial charge >= 0.3 is 6.18 Å². The van der Waals surface area contributed by atoms with Gasteiger partial charge in [-0.05, 0) is 30.2 Å². The van der Waals surface area contributed by atoms with Crippen molar-refractivity contribution in [2.45, 2.75) is 12.6 Å². The Morgan fingerprint density at radius 1 is 1.14 bits per heavy atom. The zero-order valence-corrected chi connectivity index (χ0v) is 16.4. The molecule has 28 heavy (non-hydrogen) atoms. The lowest BCUT2D eigenvalue weighted by Crippen LogP contribution is -2.41. The molecule has 0 aliphatic rings. The minimum absolute atomic E-state index is 0.259. The Morgan fingerprint density at radius 3 is 2.36 bits per heavy atom. The monoisotopic (exact) mass is 434 g/mol. The van der Waals surface area contributed by atoms with E-state index in [2.05, 4.69) is 5.32 Å². The van der Waals surface area contributed by atoms with E-state index >= 15 is 0 Å². The van der Waals surface area contributed by atoms with Gasteiger partial charge in [-0.25, -0.2) is 8.42 Å². The minimum atomic E-state index is -4.76. The van der Waals surface area contributed by atoms with Gasteiger partial charge in [0.1, 0.15) is 6.54 Å². The summed E-state index contributed by atoms with van der Waals surface area (Å²) in [7, 11) is -4.00. The standard InChI is InChI=1S/C18H18ClF3N2O3S/c1-28(26,27)24(14-7-8-16(19)15(11-14)18(20,21)22)12-17(25)23-10-9-13-5-3-2-4-6-13/h2-8,11H,9-10,12H2,1H3,(H,23,25). The third-order valence-corrected chi connectivity index (χ3v) is 5.28. The molecule has 5 nitrogen and oxygen atoms in total. The largest absolute Gasteiger partial charge is 0.417 e. The smallest absolute Gasteiger partial charge is 0.354 e.